The fourth-order valence-corrected chi connectivity index (χ4v) is 2.10. The van der Waals surface area contributed by atoms with Gasteiger partial charge in [0.1, 0.15) is 0 Å². The van der Waals surface area contributed by atoms with Gasteiger partial charge in [0.2, 0.25) is 5.91 Å². The number of piperidine rings is 1. The van der Waals surface area contributed by atoms with Crippen molar-refractivity contribution in [1.82, 2.24) is 10.6 Å². The SMILES string of the molecule is C/C=C/C=C/C(=O)NC1[C@H]2CNC[C@@H]12. The van der Waals surface area contributed by atoms with E-state index in [4.69, 9.17) is 0 Å². The number of hydrogen-bond donors (Lipinski definition) is 2. The highest BCUT2D eigenvalue weighted by atomic mass is 16.1. The summed E-state index contributed by atoms with van der Waals surface area (Å²) in [6.45, 7) is 4.06. The summed E-state index contributed by atoms with van der Waals surface area (Å²) in [4.78, 5) is 11.3. The predicted molar refractivity (Wildman–Crippen MR) is 55.7 cm³/mol. The number of allylic oxidation sites excluding steroid dienone is 3. The molecule has 0 spiro atoms. The maximum atomic E-state index is 11.3. The van der Waals surface area contributed by atoms with E-state index in [1.807, 2.05) is 19.1 Å². The second-order valence-corrected chi connectivity index (χ2v) is 3.91. The van der Waals surface area contributed by atoms with Crippen LogP contribution in [0.3, 0.4) is 0 Å². The first-order valence-electron chi connectivity index (χ1n) is 5.13. The number of rotatable bonds is 3. The molecule has 2 fully saturated rings. The lowest BCUT2D eigenvalue weighted by atomic mass is 10.4. The summed E-state index contributed by atoms with van der Waals surface area (Å²) in [6.07, 6.45) is 7.11. The summed E-state index contributed by atoms with van der Waals surface area (Å²) < 4.78 is 0. The number of hydrogen-bond acceptors (Lipinski definition) is 2. The normalized spacial score (nSPS) is 35.1. The van der Waals surface area contributed by atoms with E-state index in [1.165, 1.54) is 0 Å². The monoisotopic (exact) mass is 192 g/mol. The Bertz CT molecular complexity index is 273. The zero-order valence-electron chi connectivity index (χ0n) is 8.36. The van der Waals surface area contributed by atoms with E-state index >= 15 is 0 Å². The summed E-state index contributed by atoms with van der Waals surface area (Å²) in [6, 6.07) is 0.430. The van der Waals surface area contributed by atoms with Crippen LogP contribution < -0.4 is 10.6 Å². The molecule has 1 unspecified atom stereocenters. The Morgan fingerprint density at radius 3 is 2.71 bits per heavy atom. The third-order valence-corrected chi connectivity index (χ3v) is 2.95. The van der Waals surface area contributed by atoms with Crippen LogP contribution in [0.5, 0.6) is 0 Å². The fraction of sp³-hybridized carbons (Fsp3) is 0.545. The summed E-state index contributed by atoms with van der Waals surface area (Å²) in [7, 11) is 0. The Balaban J connectivity index is 1.74. The molecule has 1 aliphatic carbocycles. The van der Waals surface area contributed by atoms with Crippen LogP contribution in [-0.2, 0) is 4.79 Å². The molecule has 1 saturated heterocycles. The first-order valence-corrected chi connectivity index (χ1v) is 5.13. The minimum absolute atomic E-state index is 0.0301. The van der Waals surface area contributed by atoms with Gasteiger partial charge >= 0.3 is 0 Å². The van der Waals surface area contributed by atoms with E-state index in [-0.39, 0.29) is 5.91 Å². The molecular formula is C11H16N2O. The third-order valence-electron chi connectivity index (χ3n) is 2.95. The van der Waals surface area contributed by atoms with Crippen molar-refractivity contribution in [2.75, 3.05) is 13.1 Å². The first kappa shape index (κ1) is 9.46. The van der Waals surface area contributed by atoms with Crippen LogP contribution in [0.25, 0.3) is 0 Å². The Morgan fingerprint density at radius 2 is 2.07 bits per heavy atom. The van der Waals surface area contributed by atoms with Crippen LogP contribution in [0.2, 0.25) is 0 Å². The van der Waals surface area contributed by atoms with Crippen LogP contribution in [0.4, 0.5) is 0 Å². The Morgan fingerprint density at radius 1 is 1.36 bits per heavy atom. The zero-order valence-corrected chi connectivity index (χ0v) is 8.36. The van der Waals surface area contributed by atoms with Crippen molar-refractivity contribution in [2.24, 2.45) is 11.8 Å². The van der Waals surface area contributed by atoms with Gasteiger partial charge in [-0.15, -0.1) is 0 Å². The topological polar surface area (TPSA) is 41.1 Å². The van der Waals surface area contributed by atoms with Gasteiger partial charge in [-0.1, -0.05) is 18.2 Å². The third kappa shape index (κ3) is 1.87. The fourth-order valence-electron chi connectivity index (χ4n) is 2.10. The predicted octanol–water partition coefficient (Wildman–Crippen LogP) is 0.453. The summed E-state index contributed by atoms with van der Waals surface area (Å²) >= 11 is 0. The second-order valence-electron chi connectivity index (χ2n) is 3.91. The van der Waals surface area contributed by atoms with E-state index < -0.39 is 0 Å². The number of fused-ring (bicyclic) bond motifs is 1. The highest BCUT2D eigenvalue weighted by molar-refractivity contribution is 5.88. The number of carbonyl (C=O) groups is 1. The Hall–Kier alpha value is -1.09. The first-order chi connectivity index (χ1) is 6.83. The maximum Gasteiger partial charge on any atom is 0.244 e. The van der Waals surface area contributed by atoms with Crippen LogP contribution in [0.15, 0.2) is 24.3 Å². The molecule has 0 aromatic rings. The Kier molecular flexibility index (Phi) is 2.68. The zero-order chi connectivity index (χ0) is 9.97. The molecule has 0 aromatic carbocycles. The molecular weight excluding hydrogens is 176 g/mol. The van der Waals surface area contributed by atoms with E-state index in [2.05, 4.69) is 10.6 Å². The van der Waals surface area contributed by atoms with Gasteiger partial charge in [-0.25, -0.2) is 0 Å². The van der Waals surface area contributed by atoms with Crippen LogP contribution >= 0.6 is 0 Å². The largest absolute Gasteiger partial charge is 0.349 e. The number of amides is 1. The van der Waals surface area contributed by atoms with Gasteiger partial charge in [-0.05, 0) is 18.8 Å². The molecule has 1 aliphatic heterocycles. The summed E-state index contributed by atoms with van der Waals surface area (Å²) in [5.74, 6) is 1.41. The van der Waals surface area contributed by atoms with Crippen molar-refractivity contribution in [2.45, 2.75) is 13.0 Å². The van der Waals surface area contributed by atoms with Crippen molar-refractivity contribution in [3.05, 3.63) is 24.3 Å². The molecule has 1 amide bonds. The molecule has 1 saturated carbocycles. The molecule has 2 rings (SSSR count). The highest BCUT2D eigenvalue weighted by Gasteiger charge is 2.53. The smallest absolute Gasteiger partial charge is 0.244 e. The molecule has 0 bridgehead atoms. The molecule has 76 valence electrons. The lowest BCUT2D eigenvalue weighted by molar-refractivity contribution is -0.116. The number of nitrogens with one attached hydrogen (secondary N) is 2. The van der Waals surface area contributed by atoms with Crippen molar-refractivity contribution >= 4 is 5.91 Å². The minimum Gasteiger partial charge on any atom is -0.349 e. The van der Waals surface area contributed by atoms with Gasteiger partial charge < -0.3 is 10.6 Å². The van der Waals surface area contributed by atoms with Crippen molar-refractivity contribution in [1.29, 1.82) is 0 Å². The molecule has 0 radical (unpaired) electrons. The van der Waals surface area contributed by atoms with Crippen LogP contribution in [0, 0.1) is 11.8 Å². The van der Waals surface area contributed by atoms with Gasteiger partial charge in [0, 0.05) is 25.2 Å². The lowest BCUT2D eigenvalue weighted by Gasteiger charge is -2.04. The van der Waals surface area contributed by atoms with Crippen molar-refractivity contribution < 1.29 is 4.79 Å². The molecule has 3 nitrogen and oxygen atoms in total. The van der Waals surface area contributed by atoms with Crippen LogP contribution in [0.1, 0.15) is 6.92 Å². The quantitative estimate of drug-likeness (QED) is 0.503. The summed E-state index contributed by atoms with van der Waals surface area (Å²) in [5, 5.41) is 6.31. The van der Waals surface area contributed by atoms with Gasteiger partial charge in [-0.2, -0.15) is 0 Å². The van der Waals surface area contributed by atoms with E-state index in [0.29, 0.717) is 17.9 Å². The second kappa shape index (κ2) is 3.96. The maximum absolute atomic E-state index is 11.3. The summed E-state index contributed by atoms with van der Waals surface area (Å²) in [5.41, 5.74) is 0. The van der Waals surface area contributed by atoms with E-state index in [1.54, 1.807) is 12.2 Å². The minimum atomic E-state index is 0.0301. The Labute approximate surface area is 84.3 Å². The number of carbonyl (C=O) groups excluding carboxylic acids is 1. The van der Waals surface area contributed by atoms with Crippen LogP contribution in [-0.4, -0.2) is 25.0 Å². The van der Waals surface area contributed by atoms with Gasteiger partial charge in [0.25, 0.3) is 0 Å². The molecule has 3 atom stereocenters. The average Bonchev–Trinajstić information content (AvgIpc) is 2.64. The molecule has 3 heteroatoms. The molecule has 14 heavy (non-hydrogen) atoms. The lowest BCUT2D eigenvalue weighted by Crippen LogP contribution is -2.31. The van der Waals surface area contributed by atoms with Crippen molar-refractivity contribution in [3.8, 4) is 0 Å². The van der Waals surface area contributed by atoms with Gasteiger partial charge in [0.05, 0.1) is 0 Å². The van der Waals surface area contributed by atoms with Gasteiger partial charge in [0.15, 0.2) is 0 Å². The molecule has 2 aliphatic rings. The molecule has 2 N–H and O–H groups in total. The molecule has 1 heterocycles. The van der Waals surface area contributed by atoms with E-state index in [0.717, 1.165) is 13.1 Å². The highest BCUT2D eigenvalue weighted by Crippen LogP contribution is 2.41. The molecule has 0 aromatic heterocycles. The van der Waals surface area contributed by atoms with Crippen molar-refractivity contribution in [3.63, 3.8) is 0 Å². The standard InChI is InChI=1S/C11H16N2O/c1-2-3-4-5-10(14)13-11-8-6-12-7-9(8)11/h2-5,8-9,11-12H,6-7H2,1H3,(H,13,14)/b3-2+,5-4+/t8-,9+,11?. The average molecular weight is 192 g/mol. The van der Waals surface area contributed by atoms with Gasteiger partial charge in [-0.3, -0.25) is 4.79 Å². The van der Waals surface area contributed by atoms with E-state index in [9.17, 15) is 4.79 Å².